The van der Waals surface area contributed by atoms with Crippen molar-refractivity contribution in [1.82, 2.24) is 16.0 Å². The van der Waals surface area contributed by atoms with Crippen LogP contribution in [0.2, 0.25) is 0 Å². The first-order chi connectivity index (χ1) is 23.9. The van der Waals surface area contributed by atoms with Crippen LogP contribution in [0.4, 0.5) is 26.3 Å². The minimum absolute atomic E-state index is 0. The zero-order valence-electron chi connectivity index (χ0n) is 29.4. The van der Waals surface area contributed by atoms with E-state index in [9.17, 15) is 35.9 Å². The summed E-state index contributed by atoms with van der Waals surface area (Å²) in [5, 5.41) is 22.5. The monoisotopic (exact) mass is 870 g/mol. The topological polar surface area (TPSA) is 146 Å². The second-order valence-corrected chi connectivity index (χ2v) is 13.2. The van der Waals surface area contributed by atoms with Crippen LogP contribution in [0.3, 0.4) is 0 Å². The summed E-state index contributed by atoms with van der Waals surface area (Å²) in [5.41, 5.74) is 2.72. The molecule has 5 rings (SSSR count). The predicted octanol–water partition coefficient (Wildman–Crippen LogP) is 7.69. The number of halogens is 8. The van der Waals surface area contributed by atoms with Crippen molar-refractivity contribution < 1.29 is 35.9 Å². The van der Waals surface area contributed by atoms with E-state index in [1.165, 1.54) is 24.3 Å². The molecule has 2 heterocycles. The third kappa shape index (κ3) is 11.0. The average Bonchev–Trinajstić information content (AvgIpc) is 4.01. The van der Waals surface area contributed by atoms with Crippen molar-refractivity contribution in [3.05, 3.63) is 70.8 Å². The van der Waals surface area contributed by atoms with Gasteiger partial charge in [0.1, 0.15) is 5.78 Å². The molecule has 0 spiro atoms. The zero-order chi connectivity index (χ0) is 38.1. The van der Waals surface area contributed by atoms with Crippen molar-refractivity contribution in [1.29, 1.82) is 0 Å². The lowest BCUT2D eigenvalue weighted by atomic mass is 9.89. The third-order valence-corrected chi connectivity index (χ3v) is 9.96. The summed E-state index contributed by atoms with van der Waals surface area (Å²) in [4.78, 5) is 22.5. The van der Waals surface area contributed by atoms with Crippen LogP contribution in [-0.2, 0) is 32.8 Å². The Morgan fingerprint density at radius 1 is 0.865 bits per heavy atom. The van der Waals surface area contributed by atoms with E-state index in [4.69, 9.17) is 5.73 Å². The Kier molecular flexibility index (Phi) is 16.7. The van der Waals surface area contributed by atoms with Gasteiger partial charge in [0, 0.05) is 29.0 Å². The molecule has 290 valence electrons. The molecule has 5 N–H and O–H groups in total. The van der Waals surface area contributed by atoms with Gasteiger partial charge in [0.15, 0.2) is 5.78 Å². The minimum atomic E-state index is -4.49. The van der Waals surface area contributed by atoms with Crippen molar-refractivity contribution in [2.24, 2.45) is 26.2 Å². The lowest BCUT2D eigenvalue weighted by Gasteiger charge is -2.30. The number of alkyl halides is 7. The summed E-state index contributed by atoms with van der Waals surface area (Å²) < 4.78 is 76.4. The van der Waals surface area contributed by atoms with E-state index in [1.54, 1.807) is 45.2 Å². The van der Waals surface area contributed by atoms with Crippen LogP contribution in [0, 0.1) is 0 Å². The lowest BCUT2D eigenvalue weighted by Crippen LogP contribution is -2.58. The number of hydrogen-bond acceptors (Lipinski definition) is 10. The van der Waals surface area contributed by atoms with E-state index in [2.05, 4.69) is 52.3 Å². The molecule has 0 amide bonds. The second-order valence-electron chi connectivity index (χ2n) is 12.7. The number of nitrogens with one attached hydrogen (secondary N) is 3. The summed E-state index contributed by atoms with van der Waals surface area (Å²) in [5.74, 6) is 0.311. The van der Waals surface area contributed by atoms with Gasteiger partial charge >= 0.3 is 23.7 Å². The van der Waals surface area contributed by atoms with E-state index in [1.807, 2.05) is 7.05 Å². The third-order valence-electron chi connectivity index (χ3n) is 9.32. The van der Waals surface area contributed by atoms with E-state index in [0.29, 0.717) is 11.9 Å². The Hall–Kier alpha value is -2.64. The quantitative estimate of drug-likeness (QED) is 0.0871. The smallest absolute Gasteiger partial charge is 0.326 e. The predicted molar refractivity (Wildman–Crippen MR) is 194 cm³/mol. The number of rotatable bonds is 14. The molecule has 0 saturated heterocycles. The van der Waals surface area contributed by atoms with E-state index >= 15 is 0 Å². The molecule has 2 aromatic carbocycles. The van der Waals surface area contributed by atoms with E-state index in [0.717, 1.165) is 56.2 Å². The molecule has 1 fully saturated rings. The first-order valence-electron chi connectivity index (χ1n) is 16.5. The van der Waals surface area contributed by atoms with Crippen LogP contribution in [0.25, 0.3) is 0 Å². The number of hydrogen-bond donors (Lipinski definition) is 4. The molecule has 18 heteroatoms. The maximum Gasteiger partial charge on any atom is 0.442 e. The molecule has 2 aliphatic heterocycles. The first-order valence-corrected chi connectivity index (χ1v) is 17.7. The molecule has 1 aliphatic carbocycles. The Morgan fingerprint density at radius 2 is 1.35 bits per heavy atom. The number of carbonyl (C=O) groups excluding carboxylic acids is 2. The molecule has 3 aliphatic rings. The van der Waals surface area contributed by atoms with Crippen molar-refractivity contribution in [3.8, 4) is 0 Å². The normalized spacial score (nSPS) is 21.1. The Balaban J connectivity index is 0.000000294. The van der Waals surface area contributed by atoms with Gasteiger partial charge in [-0.1, -0.05) is 70.9 Å². The molecular weight excluding hydrogens is 826 g/mol. The van der Waals surface area contributed by atoms with Crippen molar-refractivity contribution >= 4 is 44.5 Å². The number of carbonyl (C=O) groups is 2. The Labute approximate surface area is 318 Å². The fourth-order valence-corrected chi connectivity index (χ4v) is 6.28. The molecular formula is C34H46Br2F6N8O2. The molecule has 3 atom stereocenters. The summed E-state index contributed by atoms with van der Waals surface area (Å²) in [6.45, 7) is 4.55. The molecule has 3 unspecified atom stereocenters. The molecule has 2 aromatic rings. The molecule has 0 radical (unpaired) electrons. The molecule has 0 bridgehead atoms. The number of ketones is 2. The highest BCUT2D eigenvalue weighted by Crippen LogP contribution is 2.53. The first kappa shape index (κ1) is 45.5. The highest BCUT2D eigenvalue weighted by molar-refractivity contribution is 9.08. The minimum Gasteiger partial charge on any atom is -0.326 e. The average molecular weight is 873 g/mol. The van der Waals surface area contributed by atoms with Gasteiger partial charge in [-0.25, -0.2) is 0 Å². The highest BCUT2D eigenvalue weighted by Gasteiger charge is 2.65. The lowest BCUT2D eigenvalue weighted by molar-refractivity contribution is -0.166. The maximum absolute atomic E-state index is 12.9. The summed E-state index contributed by atoms with van der Waals surface area (Å²) >= 11 is 3.22. The Bertz CT molecular complexity index is 1510. The van der Waals surface area contributed by atoms with E-state index < -0.39 is 29.2 Å². The van der Waals surface area contributed by atoms with Gasteiger partial charge in [0.05, 0.1) is 11.6 Å². The van der Waals surface area contributed by atoms with Gasteiger partial charge in [-0.2, -0.15) is 26.3 Å². The van der Waals surface area contributed by atoms with Gasteiger partial charge in [0.2, 0.25) is 0 Å². The number of likely N-dealkylation sites (N-methyl/N-ethyl adjacent to an activating group) is 2. The summed E-state index contributed by atoms with van der Waals surface area (Å²) in [6.07, 6.45) is -3.37. The largest absolute Gasteiger partial charge is 0.442 e. The van der Waals surface area contributed by atoms with Crippen LogP contribution in [-0.4, -0.2) is 62.2 Å². The number of nitrogens with two attached hydrogens (primary N) is 1. The fraction of sp³-hybridized carbons (Fsp3) is 0.588. The standard InChI is InChI=1S/C17H23F3N4O.C9H6BrF3N2.C8H16N2O.BrH/c1-12(25)15(21-2)5-3-4-10-22-11-13-6-8-14(9-7-13)16(23-24-16)17(18,19)20;10-5-6-1-3-7(4-2-6)8(14-15-8)9(11,12)13;1-6(11)8(10-2)5-3-4-7(8)9;/h6-9,15,21-22H,3-5,10-11H2,1-2H3;1-4H,5H2;7,10H,3-5,9H2,1-2H3;1H. The maximum atomic E-state index is 12.9. The SMILES string of the molecule is Br.CNC(CCCCNCc1ccc(C2(C(F)(F)F)N=N2)cc1)C(C)=O.CNC1(C(C)=O)CCCC1N.FC(F)(F)C1(c2ccc(CBr)cc2)N=N1. The van der Waals surface area contributed by atoms with Gasteiger partial charge < -0.3 is 21.7 Å². The van der Waals surface area contributed by atoms with Gasteiger partial charge in [-0.15, -0.1) is 37.4 Å². The molecule has 0 aromatic heterocycles. The van der Waals surface area contributed by atoms with Gasteiger partial charge in [0.25, 0.3) is 0 Å². The number of unbranched alkanes of at least 4 members (excludes halogenated alkanes) is 1. The van der Waals surface area contributed by atoms with Crippen molar-refractivity contribution in [3.63, 3.8) is 0 Å². The number of nitrogens with zero attached hydrogens (tertiary/aromatic N) is 4. The van der Waals surface area contributed by atoms with Crippen LogP contribution in [0.1, 0.15) is 74.6 Å². The van der Waals surface area contributed by atoms with E-state index in [-0.39, 0.29) is 51.8 Å². The van der Waals surface area contributed by atoms with Gasteiger partial charge in [-0.3, -0.25) is 9.59 Å². The molecule has 52 heavy (non-hydrogen) atoms. The molecule has 10 nitrogen and oxygen atoms in total. The number of Topliss-reactive ketones (excluding diaryl/α,β-unsaturated/α-hetero) is 2. The zero-order valence-corrected chi connectivity index (χ0v) is 32.7. The van der Waals surface area contributed by atoms with Gasteiger partial charge in [-0.05, 0) is 77.7 Å². The summed E-state index contributed by atoms with van der Waals surface area (Å²) in [7, 11) is 3.59. The van der Waals surface area contributed by atoms with Crippen LogP contribution in [0.15, 0.2) is 69.0 Å². The second kappa shape index (κ2) is 19.1. The fourth-order valence-electron chi connectivity index (χ4n) is 5.90. The number of benzene rings is 2. The van der Waals surface area contributed by atoms with Crippen molar-refractivity contribution in [2.75, 3.05) is 20.6 Å². The van der Waals surface area contributed by atoms with Crippen LogP contribution in [0.5, 0.6) is 0 Å². The van der Waals surface area contributed by atoms with Crippen LogP contribution >= 0.6 is 32.9 Å². The highest BCUT2D eigenvalue weighted by atomic mass is 79.9. The van der Waals surface area contributed by atoms with Crippen molar-refractivity contribution in [2.45, 2.75) is 106 Å². The summed E-state index contributed by atoms with van der Waals surface area (Å²) in [6, 6.07) is 12.1. The molecule has 1 saturated carbocycles. The Morgan fingerprint density at radius 3 is 1.65 bits per heavy atom. The van der Waals surface area contributed by atoms with Crippen LogP contribution < -0.4 is 21.7 Å².